The average Bonchev–Trinajstić information content (AvgIpc) is 2.36. The molecule has 1 rings (SSSR count). The van der Waals surface area contributed by atoms with Gasteiger partial charge >= 0.3 is 5.97 Å². The Bertz CT molecular complexity index is 540. The van der Waals surface area contributed by atoms with Crippen LogP contribution in [0.25, 0.3) is 0 Å². The van der Waals surface area contributed by atoms with E-state index in [1.54, 1.807) is 20.8 Å². The third-order valence-electron chi connectivity index (χ3n) is 2.41. The van der Waals surface area contributed by atoms with Crippen LogP contribution >= 0.6 is 46.4 Å². The summed E-state index contributed by atoms with van der Waals surface area (Å²) in [7, 11) is 0. The molecule has 0 spiro atoms. The van der Waals surface area contributed by atoms with Gasteiger partial charge in [0.1, 0.15) is 5.69 Å². The highest BCUT2D eigenvalue weighted by atomic mass is 35.5. The molecule has 0 aliphatic rings. The topological polar surface area (TPSA) is 51.0 Å². The molecule has 1 atom stereocenters. The number of nitrogens with zero attached hydrogens (tertiary/aromatic N) is 2. The first kappa shape index (κ1) is 18.5. The Morgan fingerprint density at radius 3 is 2.24 bits per heavy atom. The molecule has 1 aromatic carbocycles. The highest BCUT2D eigenvalue weighted by Gasteiger charge is 2.37. The summed E-state index contributed by atoms with van der Waals surface area (Å²) in [5.41, 5.74) is 0.193. The molecule has 0 radical (unpaired) electrons. The fourth-order valence-electron chi connectivity index (χ4n) is 1.32. The lowest BCUT2D eigenvalue weighted by molar-refractivity contribution is -0.150. The van der Waals surface area contributed by atoms with E-state index in [0.717, 1.165) is 0 Å². The van der Waals surface area contributed by atoms with Crippen molar-refractivity contribution in [3.63, 3.8) is 0 Å². The molecule has 1 aromatic rings. The lowest BCUT2D eigenvalue weighted by Crippen LogP contribution is -2.33. The fraction of sp³-hybridized carbons (Fsp3) is 0.462. The van der Waals surface area contributed by atoms with Gasteiger partial charge < -0.3 is 4.74 Å². The summed E-state index contributed by atoms with van der Waals surface area (Å²) in [5, 5.41) is 8.53. The molecule has 4 nitrogen and oxygen atoms in total. The standard InChI is InChI=1S/C13H14Cl4N2O2/c1-4-13(17,12(20)21-7(2)3)19-18-11-9(15)5-8(14)6-10(11)16/h5-7H,4H2,1-3H3. The number of esters is 1. The number of halogens is 4. The van der Waals surface area contributed by atoms with Crippen molar-refractivity contribution in [1.82, 2.24) is 0 Å². The van der Waals surface area contributed by atoms with Gasteiger partial charge in [-0.05, 0) is 32.4 Å². The van der Waals surface area contributed by atoms with Crippen LogP contribution < -0.4 is 0 Å². The molecule has 1 unspecified atom stereocenters. The number of azo groups is 1. The van der Waals surface area contributed by atoms with Crippen molar-refractivity contribution in [3.8, 4) is 0 Å². The molecule has 0 heterocycles. The van der Waals surface area contributed by atoms with Crippen molar-refractivity contribution in [2.75, 3.05) is 0 Å². The summed E-state index contributed by atoms with van der Waals surface area (Å²) >= 11 is 23.9. The number of ether oxygens (including phenoxy) is 1. The van der Waals surface area contributed by atoms with Crippen LogP contribution in [0.5, 0.6) is 0 Å². The molecule has 0 bridgehead atoms. The van der Waals surface area contributed by atoms with Gasteiger partial charge in [0.2, 0.25) is 0 Å². The highest BCUT2D eigenvalue weighted by molar-refractivity contribution is 6.41. The van der Waals surface area contributed by atoms with E-state index in [4.69, 9.17) is 51.1 Å². The van der Waals surface area contributed by atoms with E-state index in [2.05, 4.69) is 10.2 Å². The molecule has 0 amide bonds. The molecular formula is C13H14Cl4N2O2. The van der Waals surface area contributed by atoms with E-state index in [0.29, 0.717) is 5.02 Å². The van der Waals surface area contributed by atoms with Crippen molar-refractivity contribution >= 4 is 58.1 Å². The van der Waals surface area contributed by atoms with Crippen LogP contribution in [0.3, 0.4) is 0 Å². The minimum Gasteiger partial charge on any atom is -0.460 e. The van der Waals surface area contributed by atoms with Crippen molar-refractivity contribution in [2.24, 2.45) is 10.2 Å². The molecule has 0 saturated heterocycles. The maximum Gasteiger partial charge on any atom is 0.351 e. The Balaban J connectivity index is 3.09. The molecule has 0 aliphatic heterocycles. The zero-order valence-electron chi connectivity index (χ0n) is 11.7. The molecule has 0 aliphatic carbocycles. The van der Waals surface area contributed by atoms with E-state index in [9.17, 15) is 4.79 Å². The van der Waals surface area contributed by atoms with E-state index in [1.165, 1.54) is 12.1 Å². The first-order valence-electron chi connectivity index (χ1n) is 6.17. The lowest BCUT2D eigenvalue weighted by Gasteiger charge is -2.19. The number of rotatable bonds is 5. The van der Waals surface area contributed by atoms with Gasteiger partial charge in [-0.25, -0.2) is 4.79 Å². The van der Waals surface area contributed by atoms with E-state index in [1.807, 2.05) is 0 Å². The zero-order valence-corrected chi connectivity index (χ0v) is 14.7. The normalized spacial score (nSPS) is 14.5. The number of carbonyl (C=O) groups excluding carboxylic acids is 1. The van der Waals surface area contributed by atoms with E-state index < -0.39 is 11.0 Å². The molecule has 0 saturated carbocycles. The average molecular weight is 372 g/mol. The van der Waals surface area contributed by atoms with Gasteiger partial charge in [-0.15, -0.1) is 0 Å². The summed E-state index contributed by atoms with van der Waals surface area (Å²) in [6, 6.07) is 2.94. The minimum atomic E-state index is -1.61. The van der Waals surface area contributed by atoms with Crippen LogP contribution in [0, 0.1) is 0 Å². The summed E-state index contributed by atoms with van der Waals surface area (Å²) in [6.45, 7) is 5.13. The van der Waals surface area contributed by atoms with Crippen molar-refractivity contribution < 1.29 is 9.53 Å². The predicted molar refractivity (Wildman–Crippen MR) is 86.1 cm³/mol. The van der Waals surface area contributed by atoms with Gasteiger partial charge in [0.25, 0.3) is 5.00 Å². The quantitative estimate of drug-likeness (QED) is 0.274. The predicted octanol–water partition coefficient (Wildman–Crippen LogP) is 6.03. The first-order valence-corrected chi connectivity index (χ1v) is 7.68. The van der Waals surface area contributed by atoms with Crippen LogP contribution in [0.1, 0.15) is 27.2 Å². The monoisotopic (exact) mass is 370 g/mol. The summed E-state index contributed by atoms with van der Waals surface area (Å²) in [4.78, 5) is 10.3. The number of hydrogen-bond acceptors (Lipinski definition) is 4. The van der Waals surface area contributed by atoms with E-state index >= 15 is 0 Å². The van der Waals surface area contributed by atoms with Gasteiger partial charge in [0, 0.05) is 5.02 Å². The maximum atomic E-state index is 12.0. The molecule has 0 aromatic heterocycles. The summed E-state index contributed by atoms with van der Waals surface area (Å²) in [6.07, 6.45) is -0.105. The second-order valence-corrected chi connectivity index (χ2v) is 6.36. The van der Waals surface area contributed by atoms with Crippen molar-refractivity contribution in [3.05, 3.63) is 27.2 Å². The van der Waals surface area contributed by atoms with Crippen molar-refractivity contribution in [1.29, 1.82) is 0 Å². The molecule has 0 N–H and O–H groups in total. The minimum absolute atomic E-state index is 0.193. The van der Waals surface area contributed by atoms with Crippen molar-refractivity contribution in [2.45, 2.75) is 38.3 Å². The Morgan fingerprint density at radius 1 is 1.29 bits per heavy atom. The Morgan fingerprint density at radius 2 is 1.81 bits per heavy atom. The van der Waals surface area contributed by atoms with Crippen LogP contribution in [-0.2, 0) is 9.53 Å². The largest absolute Gasteiger partial charge is 0.460 e. The van der Waals surface area contributed by atoms with Gasteiger partial charge in [-0.3, -0.25) is 0 Å². The highest BCUT2D eigenvalue weighted by Crippen LogP contribution is 2.37. The van der Waals surface area contributed by atoms with Gasteiger partial charge in [-0.1, -0.05) is 53.3 Å². The van der Waals surface area contributed by atoms with E-state index in [-0.39, 0.29) is 28.3 Å². The Labute approximate surface area is 143 Å². The number of carbonyl (C=O) groups is 1. The van der Waals surface area contributed by atoms with Crippen LogP contribution in [0.2, 0.25) is 15.1 Å². The van der Waals surface area contributed by atoms with Gasteiger partial charge in [0.05, 0.1) is 16.1 Å². The first-order chi connectivity index (χ1) is 9.69. The Hall–Kier alpha value is -0.550. The van der Waals surface area contributed by atoms with Crippen LogP contribution in [0.4, 0.5) is 5.69 Å². The number of hydrogen-bond donors (Lipinski definition) is 0. The third-order valence-corrected chi connectivity index (χ3v) is 3.71. The summed E-state index contributed by atoms with van der Waals surface area (Å²) in [5.74, 6) is -0.674. The molecule has 0 fully saturated rings. The number of alkyl halides is 1. The second kappa shape index (κ2) is 7.63. The second-order valence-electron chi connectivity index (χ2n) is 4.48. The van der Waals surface area contributed by atoms with Crippen LogP contribution in [0.15, 0.2) is 22.4 Å². The smallest absolute Gasteiger partial charge is 0.351 e. The Kier molecular flexibility index (Phi) is 6.72. The lowest BCUT2D eigenvalue weighted by atomic mass is 10.2. The van der Waals surface area contributed by atoms with Crippen LogP contribution in [-0.4, -0.2) is 17.1 Å². The third kappa shape index (κ3) is 4.99. The fourth-order valence-corrected chi connectivity index (χ4v) is 2.29. The van der Waals surface area contributed by atoms with Gasteiger partial charge in [0.15, 0.2) is 0 Å². The zero-order chi connectivity index (χ0) is 16.2. The SMILES string of the molecule is CCC(Cl)(N=Nc1c(Cl)cc(Cl)cc1Cl)C(=O)OC(C)C. The maximum absolute atomic E-state index is 12.0. The molecule has 21 heavy (non-hydrogen) atoms. The summed E-state index contributed by atoms with van der Waals surface area (Å²) < 4.78 is 5.06. The van der Waals surface area contributed by atoms with Gasteiger partial charge in [-0.2, -0.15) is 10.2 Å². The molecule has 8 heteroatoms. The molecule has 116 valence electrons. The number of benzene rings is 1. The molecular weight excluding hydrogens is 358 g/mol.